The number of rotatable bonds is 7. The number of para-hydroxylation sites is 2. The highest BCUT2D eigenvalue weighted by atomic mass is 16.3. The van der Waals surface area contributed by atoms with Crippen molar-refractivity contribution in [1.82, 2.24) is 0 Å². The minimum Gasteiger partial charge on any atom is -0.454 e. The second-order valence-corrected chi connectivity index (χ2v) is 18.7. The zero-order valence-corrected chi connectivity index (χ0v) is 39.0. The van der Waals surface area contributed by atoms with Crippen LogP contribution in [0.5, 0.6) is 0 Å². The Morgan fingerprint density at radius 2 is 0.653 bits per heavy atom. The summed E-state index contributed by atoms with van der Waals surface area (Å²) in [5, 5.41) is 16.2. The third kappa shape index (κ3) is 6.12. The predicted octanol–water partition coefficient (Wildman–Crippen LogP) is 19.9. The molecular formula is C68H42N2O2. The van der Waals surface area contributed by atoms with E-state index in [0.29, 0.717) is 0 Å². The molecule has 0 amide bonds. The van der Waals surface area contributed by atoms with Crippen molar-refractivity contribution in [2.75, 3.05) is 9.80 Å². The molecule has 4 heteroatoms. The third-order valence-corrected chi connectivity index (χ3v) is 14.8. The molecule has 13 aromatic carbocycles. The Kier molecular flexibility index (Phi) is 8.92. The van der Waals surface area contributed by atoms with Gasteiger partial charge in [-0.05, 0) is 126 Å². The summed E-state index contributed by atoms with van der Waals surface area (Å²) < 4.78 is 14.0. The molecular weight excluding hydrogens is 877 g/mol. The Hall–Kier alpha value is -9.64. The zero-order chi connectivity index (χ0) is 47.3. The quantitative estimate of drug-likeness (QED) is 0.159. The zero-order valence-electron chi connectivity index (χ0n) is 39.0. The van der Waals surface area contributed by atoms with E-state index in [0.717, 1.165) is 111 Å². The highest BCUT2D eigenvalue weighted by Crippen LogP contribution is 2.51. The molecule has 2 heterocycles. The summed E-state index contributed by atoms with van der Waals surface area (Å²) in [6, 6.07) is 91.5. The van der Waals surface area contributed by atoms with Gasteiger partial charge in [0, 0.05) is 44.0 Å². The summed E-state index contributed by atoms with van der Waals surface area (Å²) in [5.74, 6) is 0. The molecule has 336 valence electrons. The molecule has 2 aromatic heterocycles. The summed E-state index contributed by atoms with van der Waals surface area (Å²) in [7, 11) is 0. The number of nitrogens with zero attached hydrogens (tertiary/aromatic N) is 2. The first-order valence-electron chi connectivity index (χ1n) is 24.6. The summed E-state index contributed by atoms with van der Waals surface area (Å²) in [4.78, 5) is 4.73. The van der Waals surface area contributed by atoms with Crippen LogP contribution in [0.2, 0.25) is 0 Å². The van der Waals surface area contributed by atoms with Gasteiger partial charge in [0.25, 0.3) is 0 Å². The Morgan fingerprint density at radius 1 is 0.250 bits per heavy atom. The summed E-state index contributed by atoms with van der Waals surface area (Å²) in [5.41, 5.74) is 11.9. The van der Waals surface area contributed by atoms with Crippen molar-refractivity contribution < 1.29 is 8.83 Å². The van der Waals surface area contributed by atoms with Gasteiger partial charge in [0.15, 0.2) is 11.2 Å². The van der Waals surface area contributed by atoms with Gasteiger partial charge in [-0.3, -0.25) is 0 Å². The standard InChI is InChI=1S/C68H42N2O2/c1-3-21-48(22-4-1)69(59-41-46-19-9-13-27-54(46)65-63-52-25-11-7-17-43(52)33-39-61(63)71-67(59)65)50-35-31-45(32-36-50)51-37-38-58(57-30-16-15-29-56(51)57)70(49-23-5-2-6-24-49)60-42-47-20-10-14-28-55(47)66-64-53-26-12-8-18-44(53)34-40-62(64)72-68(60)66/h1-42H. The van der Waals surface area contributed by atoms with E-state index < -0.39 is 0 Å². The molecule has 0 fully saturated rings. The van der Waals surface area contributed by atoms with Gasteiger partial charge in [0.2, 0.25) is 0 Å². The predicted molar refractivity (Wildman–Crippen MR) is 303 cm³/mol. The van der Waals surface area contributed by atoms with E-state index in [9.17, 15) is 0 Å². The topological polar surface area (TPSA) is 32.8 Å². The molecule has 0 radical (unpaired) electrons. The lowest BCUT2D eigenvalue weighted by atomic mass is 9.95. The molecule has 72 heavy (non-hydrogen) atoms. The first kappa shape index (κ1) is 40.3. The van der Waals surface area contributed by atoms with Crippen LogP contribution in [0.4, 0.5) is 34.1 Å². The van der Waals surface area contributed by atoms with Crippen LogP contribution in [0.1, 0.15) is 0 Å². The third-order valence-electron chi connectivity index (χ3n) is 14.8. The van der Waals surface area contributed by atoms with Gasteiger partial charge in [-0.25, -0.2) is 0 Å². The number of anilines is 6. The highest BCUT2D eigenvalue weighted by molar-refractivity contribution is 6.30. The van der Waals surface area contributed by atoms with E-state index in [1.165, 1.54) is 32.3 Å². The first-order chi connectivity index (χ1) is 35.7. The van der Waals surface area contributed by atoms with E-state index in [2.05, 4.69) is 265 Å². The van der Waals surface area contributed by atoms with Gasteiger partial charge in [-0.15, -0.1) is 0 Å². The fourth-order valence-corrected chi connectivity index (χ4v) is 11.6. The lowest BCUT2D eigenvalue weighted by Crippen LogP contribution is -2.11. The van der Waals surface area contributed by atoms with Crippen LogP contribution >= 0.6 is 0 Å². The van der Waals surface area contributed by atoms with E-state index in [1.54, 1.807) is 0 Å². The van der Waals surface area contributed by atoms with Crippen LogP contribution in [-0.4, -0.2) is 0 Å². The Morgan fingerprint density at radius 3 is 1.18 bits per heavy atom. The fourth-order valence-electron chi connectivity index (χ4n) is 11.6. The van der Waals surface area contributed by atoms with Gasteiger partial charge in [0.1, 0.15) is 11.2 Å². The van der Waals surface area contributed by atoms with Crippen LogP contribution in [0.3, 0.4) is 0 Å². The minimum atomic E-state index is 0.857. The molecule has 0 unspecified atom stereocenters. The molecule has 15 aromatic rings. The normalized spacial score (nSPS) is 11.9. The Bertz CT molecular complexity index is 4630. The maximum absolute atomic E-state index is 7.05. The molecule has 0 N–H and O–H groups in total. The number of fused-ring (bicyclic) bond motifs is 15. The molecule has 0 spiro atoms. The first-order valence-corrected chi connectivity index (χ1v) is 24.6. The monoisotopic (exact) mass is 918 g/mol. The average molecular weight is 919 g/mol. The molecule has 0 aliphatic heterocycles. The fraction of sp³-hybridized carbons (Fsp3) is 0. The minimum absolute atomic E-state index is 0.857. The van der Waals surface area contributed by atoms with Crippen LogP contribution in [0.25, 0.3) is 109 Å². The lowest BCUT2D eigenvalue weighted by molar-refractivity contribution is 0.669. The summed E-state index contributed by atoms with van der Waals surface area (Å²) >= 11 is 0. The van der Waals surface area contributed by atoms with E-state index in [-0.39, 0.29) is 0 Å². The van der Waals surface area contributed by atoms with Crippen molar-refractivity contribution in [2.24, 2.45) is 0 Å². The lowest BCUT2D eigenvalue weighted by Gasteiger charge is -2.28. The van der Waals surface area contributed by atoms with Crippen molar-refractivity contribution in [3.63, 3.8) is 0 Å². The van der Waals surface area contributed by atoms with Gasteiger partial charge >= 0.3 is 0 Å². The summed E-state index contributed by atoms with van der Waals surface area (Å²) in [6.45, 7) is 0. The van der Waals surface area contributed by atoms with Gasteiger partial charge < -0.3 is 18.6 Å². The maximum atomic E-state index is 7.05. The van der Waals surface area contributed by atoms with Crippen molar-refractivity contribution >= 4 is 132 Å². The Labute approximate surface area is 414 Å². The largest absolute Gasteiger partial charge is 0.454 e. The molecule has 0 bridgehead atoms. The van der Waals surface area contributed by atoms with Crippen molar-refractivity contribution in [2.45, 2.75) is 0 Å². The molecule has 0 saturated heterocycles. The van der Waals surface area contributed by atoms with E-state index in [4.69, 9.17) is 8.83 Å². The van der Waals surface area contributed by atoms with Crippen LogP contribution in [0, 0.1) is 0 Å². The second kappa shape index (κ2) is 16.0. The van der Waals surface area contributed by atoms with Crippen molar-refractivity contribution in [3.05, 3.63) is 255 Å². The maximum Gasteiger partial charge on any atom is 0.160 e. The van der Waals surface area contributed by atoms with Gasteiger partial charge in [-0.2, -0.15) is 0 Å². The Balaban J connectivity index is 0.908. The molecule has 15 rings (SSSR count). The second-order valence-electron chi connectivity index (χ2n) is 18.7. The van der Waals surface area contributed by atoms with Crippen LogP contribution < -0.4 is 9.80 Å². The molecule has 0 atom stereocenters. The van der Waals surface area contributed by atoms with Crippen LogP contribution in [0.15, 0.2) is 264 Å². The molecule has 4 nitrogen and oxygen atoms in total. The van der Waals surface area contributed by atoms with E-state index in [1.807, 2.05) is 0 Å². The SMILES string of the molecule is c1ccc(N(c2ccc(-c3ccc(N(c4ccccc4)c4cc5ccccc5c5c4oc4ccc6ccccc6c45)c4ccccc34)cc2)c2cc3ccccc3c3c2oc2ccc4ccccc4c23)cc1. The van der Waals surface area contributed by atoms with Gasteiger partial charge in [0.05, 0.1) is 17.1 Å². The number of furan rings is 2. The van der Waals surface area contributed by atoms with Crippen molar-refractivity contribution in [3.8, 4) is 11.1 Å². The average Bonchev–Trinajstić information content (AvgIpc) is 4.05. The van der Waals surface area contributed by atoms with Crippen LogP contribution in [-0.2, 0) is 0 Å². The number of hydrogen-bond donors (Lipinski definition) is 0. The number of benzene rings is 13. The number of hydrogen-bond acceptors (Lipinski definition) is 4. The van der Waals surface area contributed by atoms with E-state index >= 15 is 0 Å². The molecule has 0 aliphatic rings. The molecule has 0 aliphatic carbocycles. The highest BCUT2D eigenvalue weighted by Gasteiger charge is 2.26. The van der Waals surface area contributed by atoms with Gasteiger partial charge in [-0.1, -0.05) is 188 Å². The summed E-state index contributed by atoms with van der Waals surface area (Å²) in [6.07, 6.45) is 0. The smallest absolute Gasteiger partial charge is 0.160 e. The molecule has 0 saturated carbocycles. The van der Waals surface area contributed by atoms with Crippen molar-refractivity contribution in [1.29, 1.82) is 0 Å².